The zero-order chi connectivity index (χ0) is 13.2. The molecule has 0 aliphatic heterocycles. The molecule has 1 N–H and O–H groups in total. The molecule has 0 amide bonds. The lowest BCUT2D eigenvalue weighted by molar-refractivity contribution is 0.184. The summed E-state index contributed by atoms with van der Waals surface area (Å²) in [6.07, 6.45) is 1.31. The molecule has 1 aromatic rings. The molecule has 100 valence electrons. The Morgan fingerprint density at radius 1 is 1.28 bits per heavy atom. The molecule has 0 aromatic heterocycles. The lowest BCUT2D eigenvalue weighted by Crippen LogP contribution is -2.37. The van der Waals surface area contributed by atoms with E-state index >= 15 is 0 Å². The third-order valence-corrected chi connectivity index (χ3v) is 3.57. The van der Waals surface area contributed by atoms with Crippen molar-refractivity contribution in [2.45, 2.75) is 45.3 Å². The van der Waals surface area contributed by atoms with E-state index in [0.717, 1.165) is 25.0 Å². The summed E-state index contributed by atoms with van der Waals surface area (Å²) in [5, 5.41) is 3.60. The summed E-state index contributed by atoms with van der Waals surface area (Å²) in [5.41, 5.74) is 3.06. The van der Waals surface area contributed by atoms with Gasteiger partial charge in [-0.3, -0.25) is 0 Å². The largest absolute Gasteiger partial charge is 0.380 e. The van der Waals surface area contributed by atoms with Gasteiger partial charge in [-0.05, 0) is 56.7 Å². The SMILES string of the molecule is COCc1ccccc1C1CC1CNC(C)(C)C. The van der Waals surface area contributed by atoms with Gasteiger partial charge < -0.3 is 10.1 Å². The molecule has 2 nitrogen and oxygen atoms in total. The number of ether oxygens (including phenoxy) is 1. The van der Waals surface area contributed by atoms with Gasteiger partial charge in [-0.1, -0.05) is 24.3 Å². The van der Waals surface area contributed by atoms with E-state index in [4.69, 9.17) is 4.74 Å². The molecule has 0 spiro atoms. The zero-order valence-corrected chi connectivity index (χ0v) is 12.0. The molecular formula is C16H25NO. The summed E-state index contributed by atoms with van der Waals surface area (Å²) in [5.74, 6) is 1.52. The summed E-state index contributed by atoms with van der Waals surface area (Å²) >= 11 is 0. The standard InChI is InChI=1S/C16H25NO/c1-16(2,3)17-10-13-9-15(13)14-8-6-5-7-12(14)11-18-4/h5-8,13,15,17H,9-11H2,1-4H3. The highest BCUT2D eigenvalue weighted by atomic mass is 16.5. The van der Waals surface area contributed by atoms with Crippen molar-refractivity contribution in [3.05, 3.63) is 35.4 Å². The third kappa shape index (κ3) is 3.56. The molecule has 0 saturated heterocycles. The van der Waals surface area contributed by atoms with Gasteiger partial charge in [0.05, 0.1) is 6.61 Å². The van der Waals surface area contributed by atoms with Gasteiger partial charge >= 0.3 is 0 Å². The maximum Gasteiger partial charge on any atom is 0.0715 e. The Morgan fingerprint density at radius 3 is 2.67 bits per heavy atom. The zero-order valence-electron chi connectivity index (χ0n) is 12.0. The minimum absolute atomic E-state index is 0.221. The molecular weight excluding hydrogens is 222 g/mol. The van der Waals surface area contributed by atoms with Crippen LogP contribution < -0.4 is 5.32 Å². The molecule has 1 saturated carbocycles. The fourth-order valence-corrected chi connectivity index (χ4v) is 2.47. The van der Waals surface area contributed by atoms with Crippen LogP contribution >= 0.6 is 0 Å². The predicted octanol–water partition coefficient (Wildman–Crippen LogP) is 3.32. The van der Waals surface area contributed by atoms with Crippen molar-refractivity contribution in [3.8, 4) is 0 Å². The normalized spacial score (nSPS) is 23.1. The van der Waals surface area contributed by atoms with Crippen LogP contribution in [0.2, 0.25) is 0 Å². The van der Waals surface area contributed by atoms with Crippen LogP contribution in [0.1, 0.15) is 44.2 Å². The van der Waals surface area contributed by atoms with Gasteiger partial charge in [0.15, 0.2) is 0 Å². The minimum atomic E-state index is 0.221. The Hall–Kier alpha value is -0.860. The third-order valence-electron chi connectivity index (χ3n) is 3.57. The Morgan fingerprint density at radius 2 is 2.00 bits per heavy atom. The first-order valence-electron chi connectivity index (χ1n) is 6.83. The highest BCUT2D eigenvalue weighted by Crippen LogP contribution is 2.48. The van der Waals surface area contributed by atoms with E-state index in [2.05, 4.69) is 50.4 Å². The van der Waals surface area contributed by atoms with E-state index < -0.39 is 0 Å². The molecule has 0 bridgehead atoms. The Labute approximate surface area is 111 Å². The lowest BCUT2D eigenvalue weighted by Gasteiger charge is -2.20. The number of nitrogens with one attached hydrogen (secondary N) is 1. The summed E-state index contributed by atoms with van der Waals surface area (Å²) in [7, 11) is 1.77. The summed E-state index contributed by atoms with van der Waals surface area (Å²) < 4.78 is 5.28. The Kier molecular flexibility index (Phi) is 4.08. The Bertz CT molecular complexity index is 394. The maximum absolute atomic E-state index is 5.28. The van der Waals surface area contributed by atoms with Gasteiger partial charge in [0.25, 0.3) is 0 Å². The highest BCUT2D eigenvalue weighted by molar-refractivity contribution is 5.34. The van der Waals surface area contributed by atoms with Crippen molar-refractivity contribution in [2.75, 3.05) is 13.7 Å². The first-order chi connectivity index (χ1) is 8.51. The van der Waals surface area contributed by atoms with E-state index in [1.165, 1.54) is 17.5 Å². The number of hydrogen-bond acceptors (Lipinski definition) is 2. The fraction of sp³-hybridized carbons (Fsp3) is 0.625. The van der Waals surface area contributed by atoms with Crippen LogP contribution in [-0.2, 0) is 11.3 Å². The second kappa shape index (κ2) is 5.41. The molecule has 0 heterocycles. The first-order valence-corrected chi connectivity index (χ1v) is 6.83. The van der Waals surface area contributed by atoms with Crippen LogP contribution in [0.15, 0.2) is 24.3 Å². The second-order valence-corrected chi connectivity index (χ2v) is 6.37. The van der Waals surface area contributed by atoms with Crippen molar-refractivity contribution in [1.82, 2.24) is 5.32 Å². The van der Waals surface area contributed by atoms with E-state index in [0.29, 0.717) is 0 Å². The van der Waals surface area contributed by atoms with Crippen molar-refractivity contribution in [2.24, 2.45) is 5.92 Å². The molecule has 2 unspecified atom stereocenters. The quantitative estimate of drug-likeness (QED) is 0.862. The van der Waals surface area contributed by atoms with Gasteiger partial charge in [-0.2, -0.15) is 0 Å². The van der Waals surface area contributed by atoms with Crippen molar-refractivity contribution in [1.29, 1.82) is 0 Å². The van der Waals surface area contributed by atoms with E-state index in [9.17, 15) is 0 Å². The molecule has 0 radical (unpaired) electrons. The second-order valence-electron chi connectivity index (χ2n) is 6.37. The van der Waals surface area contributed by atoms with Gasteiger partial charge in [0, 0.05) is 12.6 Å². The van der Waals surface area contributed by atoms with Crippen LogP contribution in [0.25, 0.3) is 0 Å². The van der Waals surface area contributed by atoms with Gasteiger partial charge in [-0.25, -0.2) is 0 Å². The van der Waals surface area contributed by atoms with Crippen molar-refractivity contribution in [3.63, 3.8) is 0 Å². The van der Waals surface area contributed by atoms with Gasteiger partial charge in [-0.15, -0.1) is 0 Å². The molecule has 1 aliphatic rings. The number of rotatable bonds is 5. The average Bonchev–Trinajstić information content (AvgIpc) is 3.06. The van der Waals surface area contributed by atoms with Crippen LogP contribution in [0.5, 0.6) is 0 Å². The summed E-state index contributed by atoms with van der Waals surface area (Å²) in [6, 6.07) is 8.69. The van der Waals surface area contributed by atoms with E-state index in [1.54, 1.807) is 7.11 Å². The van der Waals surface area contributed by atoms with Crippen LogP contribution in [0, 0.1) is 5.92 Å². The molecule has 1 aromatic carbocycles. The van der Waals surface area contributed by atoms with Gasteiger partial charge in [0.2, 0.25) is 0 Å². The maximum atomic E-state index is 5.28. The fourth-order valence-electron chi connectivity index (χ4n) is 2.47. The molecule has 18 heavy (non-hydrogen) atoms. The number of methoxy groups -OCH3 is 1. The van der Waals surface area contributed by atoms with Crippen LogP contribution in [-0.4, -0.2) is 19.2 Å². The minimum Gasteiger partial charge on any atom is -0.380 e. The predicted molar refractivity (Wildman–Crippen MR) is 75.8 cm³/mol. The monoisotopic (exact) mass is 247 g/mol. The molecule has 2 rings (SSSR count). The lowest BCUT2D eigenvalue weighted by atomic mass is 10.0. The molecule has 1 fully saturated rings. The van der Waals surface area contributed by atoms with E-state index in [1.807, 2.05) is 0 Å². The topological polar surface area (TPSA) is 21.3 Å². The van der Waals surface area contributed by atoms with Crippen molar-refractivity contribution >= 4 is 0 Å². The van der Waals surface area contributed by atoms with Crippen LogP contribution in [0.3, 0.4) is 0 Å². The molecule has 2 heteroatoms. The molecule has 1 aliphatic carbocycles. The number of benzene rings is 1. The Balaban J connectivity index is 1.94. The van der Waals surface area contributed by atoms with E-state index in [-0.39, 0.29) is 5.54 Å². The first kappa shape index (κ1) is 13.6. The summed E-state index contributed by atoms with van der Waals surface area (Å²) in [4.78, 5) is 0. The summed E-state index contributed by atoms with van der Waals surface area (Å²) in [6.45, 7) is 8.53. The molecule has 2 atom stereocenters. The van der Waals surface area contributed by atoms with Crippen molar-refractivity contribution < 1.29 is 4.74 Å². The highest BCUT2D eigenvalue weighted by Gasteiger charge is 2.39. The van der Waals surface area contributed by atoms with Crippen LogP contribution in [0.4, 0.5) is 0 Å². The smallest absolute Gasteiger partial charge is 0.0715 e. The number of hydrogen-bond donors (Lipinski definition) is 1. The van der Waals surface area contributed by atoms with Gasteiger partial charge in [0.1, 0.15) is 0 Å². The average molecular weight is 247 g/mol.